The average molecular weight is 258 g/mol. The molecule has 2 heterocycles. The van der Waals surface area contributed by atoms with E-state index in [9.17, 15) is 0 Å². The zero-order chi connectivity index (χ0) is 13.5. The molecule has 4 aromatic rings. The monoisotopic (exact) mass is 258 g/mol. The van der Waals surface area contributed by atoms with Crippen LogP contribution < -0.4 is 0 Å². The van der Waals surface area contributed by atoms with Crippen LogP contribution in [-0.4, -0.2) is 9.55 Å². The Morgan fingerprint density at radius 2 is 1.60 bits per heavy atom. The highest BCUT2D eigenvalue weighted by Crippen LogP contribution is 2.31. The molecule has 0 fully saturated rings. The van der Waals surface area contributed by atoms with E-state index in [1.54, 1.807) is 0 Å². The van der Waals surface area contributed by atoms with Gasteiger partial charge in [0, 0.05) is 35.7 Å². The van der Waals surface area contributed by atoms with Crippen molar-refractivity contribution in [1.82, 2.24) is 9.55 Å². The topological polar surface area (TPSA) is 17.8 Å². The van der Waals surface area contributed by atoms with Gasteiger partial charge in [0.05, 0.1) is 5.52 Å². The lowest BCUT2D eigenvalue weighted by Gasteiger charge is -2.02. The Balaban J connectivity index is 2.07. The molecule has 0 aliphatic heterocycles. The number of nitrogens with zero attached hydrogens (tertiary/aromatic N) is 2. The van der Waals surface area contributed by atoms with Crippen molar-refractivity contribution in [1.29, 1.82) is 0 Å². The minimum Gasteiger partial charge on any atom is -0.344 e. The Hall–Kier alpha value is -2.61. The van der Waals surface area contributed by atoms with E-state index in [1.165, 1.54) is 32.9 Å². The van der Waals surface area contributed by atoms with E-state index < -0.39 is 0 Å². The average Bonchev–Trinajstić information content (AvgIpc) is 2.81. The summed E-state index contributed by atoms with van der Waals surface area (Å²) in [5.74, 6) is 0. The number of pyridine rings is 1. The number of hydrogen-bond donors (Lipinski definition) is 0. The summed E-state index contributed by atoms with van der Waals surface area (Å²) in [6, 6.07) is 19.2. The molecule has 0 N–H and O–H groups in total. The molecule has 2 nitrogen and oxygen atoms in total. The Labute approximate surface area is 117 Å². The van der Waals surface area contributed by atoms with Gasteiger partial charge < -0.3 is 4.57 Å². The van der Waals surface area contributed by atoms with Gasteiger partial charge in [-0.15, -0.1) is 0 Å². The molecule has 2 heteroatoms. The third kappa shape index (κ3) is 1.55. The van der Waals surface area contributed by atoms with Crippen LogP contribution in [-0.2, 0) is 7.05 Å². The van der Waals surface area contributed by atoms with Crippen LogP contribution >= 0.6 is 0 Å². The Morgan fingerprint density at radius 1 is 0.800 bits per heavy atom. The molecular formula is C18H14N2. The molecule has 20 heavy (non-hydrogen) atoms. The molecular weight excluding hydrogens is 244 g/mol. The summed E-state index contributed by atoms with van der Waals surface area (Å²) in [6.45, 7) is 0. The second kappa shape index (κ2) is 4.20. The van der Waals surface area contributed by atoms with Gasteiger partial charge in [-0.2, -0.15) is 0 Å². The minimum atomic E-state index is 1.21. The maximum atomic E-state index is 4.27. The fourth-order valence-corrected chi connectivity index (χ4v) is 2.87. The maximum Gasteiger partial charge on any atom is 0.0519 e. The van der Waals surface area contributed by atoms with Gasteiger partial charge in [-0.25, -0.2) is 0 Å². The van der Waals surface area contributed by atoms with E-state index in [0.717, 1.165) is 0 Å². The molecule has 2 aromatic carbocycles. The van der Waals surface area contributed by atoms with Gasteiger partial charge in [-0.05, 0) is 29.3 Å². The standard InChI is InChI=1S/C18H14N2/c1-20-17-8-7-14(13-5-3-2-4-6-13)11-15(17)16-12-19-10-9-18(16)20/h2-12H,1H3. The van der Waals surface area contributed by atoms with Gasteiger partial charge >= 0.3 is 0 Å². The first-order chi connectivity index (χ1) is 9.84. The van der Waals surface area contributed by atoms with Crippen LogP contribution in [0.2, 0.25) is 0 Å². The van der Waals surface area contributed by atoms with Gasteiger partial charge in [0.2, 0.25) is 0 Å². The zero-order valence-electron chi connectivity index (χ0n) is 11.2. The van der Waals surface area contributed by atoms with Crippen LogP contribution in [0.3, 0.4) is 0 Å². The summed E-state index contributed by atoms with van der Waals surface area (Å²) in [5, 5.41) is 2.47. The molecule has 0 spiro atoms. The highest BCUT2D eigenvalue weighted by atomic mass is 14.9. The second-order valence-corrected chi connectivity index (χ2v) is 5.05. The van der Waals surface area contributed by atoms with E-state index in [0.29, 0.717) is 0 Å². The van der Waals surface area contributed by atoms with Crippen molar-refractivity contribution in [3.63, 3.8) is 0 Å². The van der Waals surface area contributed by atoms with Crippen LogP contribution in [0.4, 0.5) is 0 Å². The molecule has 0 radical (unpaired) electrons. The molecule has 0 saturated heterocycles. The van der Waals surface area contributed by atoms with Crippen LogP contribution in [0, 0.1) is 0 Å². The van der Waals surface area contributed by atoms with Gasteiger partial charge in [0.25, 0.3) is 0 Å². The molecule has 96 valence electrons. The third-order valence-corrected chi connectivity index (χ3v) is 3.91. The molecule has 0 aliphatic rings. The van der Waals surface area contributed by atoms with E-state index in [4.69, 9.17) is 0 Å². The quantitative estimate of drug-likeness (QED) is 0.495. The molecule has 2 aromatic heterocycles. The summed E-state index contributed by atoms with van der Waals surface area (Å²) in [7, 11) is 2.10. The summed E-state index contributed by atoms with van der Waals surface area (Å²) >= 11 is 0. The van der Waals surface area contributed by atoms with Crippen molar-refractivity contribution in [2.45, 2.75) is 0 Å². The van der Waals surface area contributed by atoms with E-state index in [-0.39, 0.29) is 0 Å². The van der Waals surface area contributed by atoms with Crippen LogP contribution in [0.25, 0.3) is 32.9 Å². The predicted octanol–water partition coefficient (Wildman–Crippen LogP) is 4.39. The van der Waals surface area contributed by atoms with Gasteiger partial charge in [-0.1, -0.05) is 36.4 Å². The summed E-state index contributed by atoms with van der Waals surface area (Å²) < 4.78 is 2.22. The molecule has 0 amide bonds. The highest BCUT2D eigenvalue weighted by molar-refractivity contribution is 6.08. The van der Waals surface area contributed by atoms with Crippen molar-refractivity contribution in [3.05, 3.63) is 67.0 Å². The third-order valence-electron chi connectivity index (χ3n) is 3.91. The molecule has 4 rings (SSSR count). The lowest BCUT2D eigenvalue weighted by Crippen LogP contribution is -1.86. The largest absolute Gasteiger partial charge is 0.344 e. The number of fused-ring (bicyclic) bond motifs is 3. The Bertz CT molecular complexity index is 905. The van der Waals surface area contributed by atoms with Crippen LogP contribution in [0.1, 0.15) is 0 Å². The zero-order valence-corrected chi connectivity index (χ0v) is 11.2. The summed E-state index contributed by atoms with van der Waals surface area (Å²) in [5.41, 5.74) is 4.96. The fraction of sp³-hybridized carbons (Fsp3) is 0.0556. The van der Waals surface area contributed by atoms with Crippen molar-refractivity contribution in [3.8, 4) is 11.1 Å². The second-order valence-electron chi connectivity index (χ2n) is 5.05. The van der Waals surface area contributed by atoms with Crippen molar-refractivity contribution in [2.75, 3.05) is 0 Å². The van der Waals surface area contributed by atoms with E-state index in [2.05, 4.69) is 65.1 Å². The normalized spacial score (nSPS) is 11.2. The maximum absolute atomic E-state index is 4.27. The fourth-order valence-electron chi connectivity index (χ4n) is 2.87. The highest BCUT2D eigenvalue weighted by Gasteiger charge is 2.08. The minimum absolute atomic E-state index is 1.21. The molecule has 0 atom stereocenters. The van der Waals surface area contributed by atoms with E-state index >= 15 is 0 Å². The van der Waals surface area contributed by atoms with Crippen molar-refractivity contribution in [2.24, 2.45) is 7.05 Å². The van der Waals surface area contributed by atoms with E-state index in [1.807, 2.05) is 18.5 Å². The molecule has 0 bridgehead atoms. The number of aryl methyl sites for hydroxylation is 1. The van der Waals surface area contributed by atoms with Gasteiger partial charge in [-0.3, -0.25) is 4.98 Å². The number of benzene rings is 2. The summed E-state index contributed by atoms with van der Waals surface area (Å²) in [4.78, 5) is 4.27. The Kier molecular flexibility index (Phi) is 2.36. The SMILES string of the molecule is Cn1c2ccncc2c2cc(-c3ccccc3)ccc21. The molecule has 0 unspecified atom stereocenters. The first-order valence-corrected chi connectivity index (χ1v) is 6.72. The van der Waals surface area contributed by atoms with Crippen molar-refractivity contribution < 1.29 is 0 Å². The lowest BCUT2D eigenvalue weighted by atomic mass is 10.0. The van der Waals surface area contributed by atoms with Crippen molar-refractivity contribution >= 4 is 21.8 Å². The number of rotatable bonds is 1. The molecule has 0 aliphatic carbocycles. The number of aromatic nitrogens is 2. The summed E-state index contributed by atoms with van der Waals surface area (Å²) in [6.07, 6.45) is 3.80. The first kappa shape index (κ1) is 11.2. The van der Waals surface area contributed by atoms with Crippen LogP contribution in [0.15, 0.2) is 67.0 Å². The van der Waals surface area contributed by atoms with Gasteiger partial charge in [0.1, 0.15) is 0 Å². The molecule has 0 saturated carbocycles. The Morgan fingerprint density at radius 3 is 2.45 bits per heavy atom. The smallest absolute Gasteiger partial charge is 0.0519 e. The number of hydrogen-bond acceptors (Lipinski definition) is 1. The predicted molar refractivity (Wildman–Crippen MR) is 83.7 cm³/mol. The van der Waals surface area contributed by atoms with Crippen LogP contribution in [0.5, 0.6) is 0 Å². The first-order valence-electron chi connectivity index (χ1n) is 6.72. The lowest BCUT2D eigenvalue weighted by molar-refractivity contribution is 1.01. The van der Waals surface area contributed by atoms with Gasteiger partial charge in [0.15, 0.2) is 0 Å².